The quantitative estimate of drug-likeness (QED) is 0.449. The Balaban J connectivity index is 1.72. The Hall–Kier alpha value is -3.78. The maximum absolute atomic E-state index is 13.4. The molecule has 0 saturated heterocycles. The van der Waals surface area contributed by atoms with Crippen molar-refractivity contribution in [2.24, 2.45) is 0 Å². The summed E-state index contributed by atoms with van der Waals surface area (Å²) >= 11 is 6.16. The highest BCUT2D eigenvalue weighted by atomic mass is 35.5. The molecule has 2 aromatic carbocycles. The van der Waals surface area contributed by atoms with E-state index < -0.39 is 0 Å². The Bertz CT molecular complexity index is 1230. The molecule has 9 heteroatoms. The number of aromatic nitrogens is 3. The fourth-order valence-electron chi connectivity index (χ4n) is 3.02. The van der Waals surface area contributed by atoms with E-state index in [1.807, 2.05) is 0 Å². The molecule has 0 aliphatic rings. The van der Waals surface area contributed by atoms with Crippen LogP contribution in [0.2, 0.25) is 5.02 Å². The van der Waals surface area contributed by atoms with Crippen LogP contribution in [0.25, 0.3) is 22.5 Å². The van der Waals surface area contributed by atoms with Crippen molar-refractivity contribution in [1.29, 1.82) is 0 Å². The van der Waals surface area contributed by atoms with Gasteiger partial charge in [0, 0.05) is 23.8 Å². The van der Waals surface area contributed by atoms with Crippen LogP contribution in [0.1, 0.15) is 5.56 Å². The van der Waals surface area contributed by atoms with Crippen LogP contribution in [-0.4, -0.2) is 28.1 Å². The number of anilines is 2. The van der Waals surface area contributed by atoms with Crippen LogP contribution in [0, 0.1) is 5.82 Å². The van der Waals surface area contributed by atoms with Gasteiger partial charge in [-0.2, -0.15) is 0 Å². The number of nitrogens with zero attached hydrogens (tertiary/aromatic N) is 3. The van der Waals surface area contributed by atoms with Gasteiger partial charge in [-0.05, 0) is 42.0 Å². The van der Waals surface area contributed by atoms with Gasteiger partial charge < -0.3 is 9.84 Å². The first-order chi connectivity index (χ1) is 15.0. The van der Waals surface area contributed by atoms with E-state index in [0.29, 0.717) is 39.0 Å². The number of nitrogens with one attached hydrogen (secondary N) is 2. The Morgan fingerprint density at radius 1 is 1.13 bits per heavy atom. The van der Waals surface area contributed by atoms with Crippen LogP contribution < -0.4 is 10.6 Å². The highest BCUT2D eigenvalue weighted by Gasteiger charge is 2.23. The largest absolute Gasteiger partial charge is 0.357 e. The molecule has 2 N–H and O–H groups in total. The smallest absolute Gasteiger partial charge is 0.241 e. The van der Waals surface area contributed by atoms with Gasteiger partial charge in [0.05, 0.1) is 17.7 Å². The molecule has 7 nitrogen and oxygen atoms in total. The average Bonchev–Trinajstić information content (AvgIpc) is 3.19. The number of halogens is 2. The normalized spacial score (nSPS) is 10.7. The molecule has 2 heterocycles. The summed E-state index contributed by atoms with van der Waals surface area (Å²) in [5.41, 5.74) is 2.64. The molecule has 156 valence electrons. The zero-order valence-corrected chi connectivity index (χ0v) is 17.2. The number of hydrogen-bond acceptors (Lipinski definition) is 6. The minimum absolute atomic E-state index is 0.0528. The third kappa shape index (κ3) is 4.54. The van der Waals surface area contributed by atoms with Crippen LogP contribution in [0.15, 0.2) is 65.3 Å². The molecule has 0 unspecified atom stereocenters. The van der Waals surface area contributed by atoms with E-state index in [1.165, 1.54) is 12.1 Å². The van der Waals surface area contributed by atoms with E-state index in [0.717, 1.165) is 0 Å². The number of amides is 1. The van der Waals surface area contributed by atoms with Crippen LogP contribution in [0.4, 0.5) is 16.2 Å². The molecule has 0 aliphatic heterocycles. The van der Waals surface area contributed by atoms with Gasteiger partial charge in [-0.25, -0.2) is 14.4 Å². The minimum Gasteiger partial charge on any atom is -0.357 e. The monoisotopic (exact) mass is 437 g/mol. The Kier molecular flexibility index (Phi) is 5.90. The van der Waals surface area contributed by atoms with Crippen LogP contribution >= 0.6 is 11.6 Å². The molecule has 1 amide bonds. The Morgan fingerprint density at radius 2 is 1.90 bits per heavy atom. The van der Waals surface area contributed by atoms with E-state index in [-0.39, 0.29) is 24.0 Å². The second kappa shape index (κ2) is 8.93. The Morgan fingerprint density at radius 3 is 2.65 bits per heavy atom. The van der Waals surface area contributed by atoms with Crippen molar-refractivity contribution in [1.82, 2.24) is 15.1 Å². The van der Waals surface area contributed by atoms with Crippen molar-refractivity contribution >= 4 is 29.3 Å². The van der Waals surface area contributed by atoms with Crippen LogP contribution in [-0.2, 0) is 11.2 Å². The molecule has 4 aromatic rings. The van der Waals surface area contributed by atoms with Crippen molar-refractivity contribution in [3.63, 3.8) is 0 Å². The lowest BCUT2D eigenvalue weighted by atomic mass is 10.0. The Labute approximate surface area is 182 Å². The summed E-state index contributed by atoms with van der Waals surface area (Å²) in [6.45, 7) is 0. The van der Waals surface area contributed by atoms with E-state index >= 15 is 0 Å². The maximum atomic E-state index is 13.4. The highest BCUT2D eigenvalue weighted by Crippen LogP contribution is 2.37. The van der Waals surface area contributed by atoms with E-state index in [9.17, 15) is 9.18 Å². The van der Waals surface area contributed by atoms with Gasteiger partial charge in [0.1, 0.15) is 11.5 Å². The topological polar surface area (TPSA) is 92.9 Å². The lowest BCUT2D eigenvalue weighted by Crippen LogP contribution is -2.15. The van der Waals surface area contributed by atoms with Crippen LogP contribution in [0.3, 0.4) is 0 Å². The molecule has 31 heavy (non-hydrogen) atoms. The summed E-state index contributed by atoms with van der Waals surface area (Å²) in [5, 5.41) is 10.2. The van der Waals surface area contributed by atoms with Gasteiger partial charge in [-0.3, -0.25) is 10.1 Å². The summed E-state index contributed by atoms with van der Waals surface area (Å²) in [4.78, 5) is 21.2. The number of rotatable bonds is 6. The van der Waals surface area contributed by atoms with E-state index in [1.54, 1.807) is 55.7 Å². The third-order valence-corrected chi connectivity index (χ3v) is 4.88. The van der Waals surface area contributed by atoms with Crippen molar-refractivity contribution in [2.45, 2.75) is 6.42 Å². The standard InChI is InChI=1S/C22H17ClFN5O2/c1-25-22-26-11-10-17(27-22)19-20(13-6-8-15(24)9-7-13)29-31-21(19)28-18(30)12-14-4-2-3-5-16(14)23/h2-11H,12H2,1H3,(H,28,30)(H,25,26,27). The molecular formula is C22H17ClFN5O2. The summed E-state index contributed by atoms with van der Waals surface area (Å²) in [5.74, 6) is -0.199. The first kappa shape index (κ1) is 20.5. The zero-order chi connectivity index (χ0) is 21.8. The predicted octanol–water partition coefficient (Wildman–Crippen LogP) is 4.81. The predicted molar refractivity (Wildman–Crippen MR) is 116 cm³/mol. The first-order valence-corrected chi connectivity index (χ1v) is 9.73. The molecule has 0 radical (unpaired) electrons. The molecular weight excluding hydrogens is 421 g/mol. The van der Waals surface area contributed by atoms with Gasteiger partial charge in [-0.1, -0.05) is 35.0 Å². The molecule has 0 saturated carbocycles. The number of carbonyl (C=O) groups excluding carboxylic acids is 1. The summed E-state index contributed by atoms with van der Waals surface area (Å²) in [6, 6.07) is 14.6. The number of hydrogen-bond donors (Lipinski definition) is 2. The van der Waals surface area contributed by atoms with Crippen molar-refractivity contribution in [3.05, 3.63) is 77.2 Å². The summed E-state index contributed by atoms with van der Waals surface area (Å²) in [6.07, 6.45) is 1.63. The maximum Gasteiger partial charge on any atom is 0.241 e. The molecule has 0 atom stereocenters. The van der Waals surface area contributed by atoms with Gasteiger partial charge in [0.2, 0.25) is 17.7 Å². The minimum atomic E-state index is -0.374. The van der Waals surface area contributed by atoms with Crippen molar-refractivity contribution < 1.29 is 13.7 Å². The SMILES string of the molecule is CNc1nccc(-c2c(-c3ccc(F)cc3)noc2NC(=O)Cc2ccccc2Cl)n1. The van der Waals surface area contributed by atoms with Crippen LogP contribution in [0.5, 0.6) is 0 Å². The molecule has 0 spiro atoms. The van der Waals surface area contributed by atoms with E-state index in [2.05, 4.69) is 25.8 Å². The molecule has 0 fully saturated rings. The molecule has 2 aromatic heterocycles. The summed E-state index contributed by atoms with van der Waals surface area (Å²) in [7, 11) is 1.69. The van der Waals surface area contributed by atoms with Gasteiger partial charge in [0.25, 0.3) is 0 Å². The average molecular weight is 438 g/mol. The van der Waals surface area contributed by atoms with Crippen molar-refractivity contribution in [2.75, 3.05) is 17.7 Å². The summed E-state index contributed by atoms with van der Waals surface area (Å²) < 4.78 is 18.9. The zero-order valence-electron chi connectivity index (χ0n) is 16.4. The number of benzene rings is 2. The second-order valence-corrected chi connectivity index (χ2v) is 6.98. The second-order valence-electron chi connectivity index (χ2n) is 6.57. The lowest BCUT2D eigenvalue weighted by Gasteiger charge is -2.08. The lowest BCUT2D eigenvalue weighted by molar-refractivity contribution is -0.115. The van der Waals surface area contributed by atoms with E-state index in [4.69, 9.17) is 16.1 Å². The van der Waals surface area contributed by atoms with Gasteiger partial charge in [-0.15, -0.1) is 0 Å². The fraction of sp³-hybridized carbons (Fsp3) is 0.0909. The molecule has 0 aliphatic carbocycles. The van der Waals surface area contributed by atoms with Gasteiger partial charge >= 0.3 is 0 Å². The van der Waals surface area contributed by atoms with Gasteiger partial charge in [0.15, 0.2) is 0 Å². The third-order valence-electron chi connectivity index (χ3n) is 4.51. The number of carbonyl (C=O) groups is 1. The molecule has 4 rings (SSSR count). The molecule has 0 bridgehead atoms. The van der Waals surface area contributed by atoms with Crippen molar-refractivity contribution in [3.8, 4) is 22.5 Å². The fourth-order valence-corrected chi connectivity index (χ4v) is 3.22. The highest BCUT2D eigenvalue weighted by molar-refractivity contribution is 6.31. The first-order valence-electron chi connectivity index (χ1n) is 9.35.